The van der Waals surface area contributed by atoms with Crippen LogP contribution in [0.5, 0.6) is 0 Å². The molecule has 140 valence electrons. The standard InChI is InChI=1S/C20H27N3O2S/c1-5-22-19(25)16-11-6-7-12-17(16)21-20(22)26-15(4)18(24)23-13(2)9-8-10-14(23)3/h6-7,11-15H,5,8-10H2,1-4H3/t13-,14+,15-/m0/s1. The molecule has 0 saturated carbocycles. The van der Waals surface area contributed by atoms with E-state index < -0.39 is 0 Å². The molecule has 0 N–H and O–H groups in total. The van der Waals surface area contributed by atoms with Gasteiger partial charge in [-0.25, -0.2) is 4.98 Å². The Morgan fingerprint density at radius 1 is 1.27 bits per heavy atom. The predicted molar refractivity (Wildman–Crippen MR) is 107 cm³/mol. The van der Waals surface area contributed by atoms with Crippen LogP contribution in [0.2, 0.25) is 0 Å². The van der Waals surface area contributed by atoms with Gasteiger partial charge in [0, 0.05) is 18.6 Å². The number of carbonyl (C=O) groups excluding carboxylic acids is 1. The van der Waals surface area contributed by atoms with Crippen LogP contribution in [0.1, 0.15) is 47.0 Å². The Morgan fingerprint density at radius 3 is 2.58 bits per heavy atom. The minimum atomic E-state index is -0.274. The first-order valence-corrected chi connectivity index (χ1v) is 10.3. The molecular formula is C20H27N3O2S. The molecule has 1 aliphatic rings. The first-order valence-electron chi connectivity index (χ1n) is 9.42. The van der Waals surface area contributed by atoms with Gasteiger partial charge in [0.15, 0.2) is 5.16 Å². The highest BCUT2D eigenvalue weighted by Crippen LogP contribution is 2.28. The highest BCUT2D eigenvalue weighted by molar-refractivity contribution is 8.00. The van der Waals surface area contributed by atoms with Crippen LogP contribution in [0.25, 0.3) is 10.9 Å². The average molecular weight is 374 g/mol. The maximum Gasteiger partial charge on any atom is 0.262 e. The Labute approximate surface area is 158 Å². The first kappa shape index (κ1) is 19.0. The van der Waals surface area contributed by atoms with Gasteiger partial charge in [0.05, 0.1) is 16.2 Å². The molecule has 2 aromatic rings. The zero-order valence-corrected chi connectivity index (χ0v) is 16.8. The van der Waals surface area contributed by atoms with Crippen LogP contribution < -0.4 is 5.56 Å². The van der Waals surface area contributed by atoms with E-state index in [2.05, 4.69) is 18.8 Å². The SMILES string of the molecule is CCn1c(S[C@@H](C)C(=O)N2[C@H](C)CCC[C@@H]2C)nc2ccccc2c1=O. The summed E-state index contributed by atoms with van der Waals surface area (Å²) < 4.78 is 1.67. The maximum absolute atomic E-state index is 13.1. The Hall–Kier alpha value is -1.82. The predicted octanol–water partition coefficient (Wildman–Crippen LogP) is 3.69. The minimum absolute atomic E-state index is 0.0417. The van der Waals surface area contributed by atoms with E-state index in [9.17, 15) is 9.59 Å². The molecule has 1 saturated heterocycles. The molecular weight excluding hydrogens is 346 g/mol. The number of carbonyl (C=O) groups is 1. The summed E-state index contributed by atoms with van der Waals surface area (Å²) in [6.07, 6.45) is 3.29. The fraction of sp³-hybridized carbons (Fsp3) is 0.550. The lowest BCUT2D eigenvalue weighted by atomic mass is 9.97. The quantitative estimate of drug-likeness (QED) is 0.606. The summed E-state index contributed by atoms with van der Waals surface area (Å²) in [5, 5.41) is 0.967. The fourth-order valence-electron chi connectivity index (χ4n) is 3.79. The van der Waals surface area contributed by atoms with Crippen molar-refractivity contribution in [3.05, 3.63) is 34.6 Å². The first-order chi connectivity index (χ1) is 12.4. The molecule has 0 spiro atoms. The van der Waals surface area contributed by atoms with Gasteiger partial charge in [-0.2, -0.15) is 0 Å². The molecule has 0 radical (unpaired) electrons. The molecule has 0 bridgehead atoms. The summed E-state index contributed by atoms with van der Waals surface area (Å²) in [5.41, 5.74) is 0.643. The number of nitrogens with zero attached hydrogens (tertiary/aromatic N) is 3. The van der Waals surface area contributed by atoms with Crippen molar-refractivity contribution in [2.75, 3.05) is 0 Å². The Balaban J connectivity index is 1.90. The molecule has 1 amide bonds. The van der Waals surface area contributed by atoms with E-state index in [1.807, 2.05) is 36.9 Å². The third kappa shape index (κ3) is 3.52. The van der Waals surface area contributed by atoms with Crippen molar-refractivity contribution < 1.29 is 4.79 Å². The molecule has 0 aliphatic carbocycles. The largest absolute Gasteiger partial charge is 0.336 e. The van der Waals surface area contributed by atoms with Gasteiger partial charge in [-0.1, -0.05) is 23.9 Å². The summed E-state index contributed by atoms with van der Waals surface area (Å²) in [7, 11) is 0. The number of thioether (sulfide) groups is 1. The molecule has 1 fully saturated rings. The zero-order chi connectivity index (χ0) is 18.8. The van der Waals surface area contributed by atoms with Crippen molar-refractivity contribution in [1.29, 1.82) is 0 Å². The van der Waals surface area contributed by atoms with Crippen LogP contribution in [-0.4, -0.2) is 37.7 Å². The smallest absolute Gasteiger partial charge is 0.262 e. The molecule has 1 aromatic carbocycles. The minimum Gasteiger partial charge on any atom is -0.336 e. The molecule has 3 rings (SSSR count). The Kier molecular flexibility index (Phi) is 5.70. The number of amides is 1. The summed E-state index contributed by atoms with van der Waals surface area (Å²) in [6.45, 7) is 8.64. The maximum atomic E-state index is 13.1. The van der Waals surface area contributed by atoms with E-state index in [1.165, 1.54) is 18.2 Å². The van der Waals surface area contributed by atoms with Crippen LogP contribution in [-0.2, 0) is 11.3 Å². The highest BCUT2D eigenvalue weighted by atomic mass is 32.2. The number of fused-ring (bicyclic) bond motifs is 1. The number of rotatable bonds is 4. The number of likely N-dealkylation sites (tertiary alicyclic amines) is 1. The van der Waals surface area contributed by atoms with E-state index in [4.69, 9.17) is 0 Å². The van der Waals surface area contributed by atoms with Crippen LogP contribution in [0.3, 0.4) is 0 Å². The molecule has 6 heteroatoms. The second kappa shape index (κ2) is 7.82. The van der Waals surface area contributed by atoms with E-state index in [0.29, 0.717) is 22.6 Å². The number of para-hydroxylation sites is 1. The van der Waals surface area contributed by atoms with Crippen molar-refractivity contribution in [2.45, 2.75) is 76.0 Å². The van der Waals surface area contributed by atoms with Crippen molar-refractivity contribution in [3.8, 4) is 0 Å². The molecule has 2 heterocycles. The summed E-state index contributed by atoms with van der Waals surface area (Å²) in [6, 6.07) is 7.92. The number of hydrogen-bond donors (Lipinski definition) is 0. The molecule has 3 atom stereocenters. The molecule has 5 nitrogen and oxygen atoms in total. The summed E-state index contributed by atoms with van der Waals surface area (Å²) in [5.74, 6) is 0.139. The highest BCUT2D eigenvalue weighted by Gasteiger charge is 2.32. The normalized spacial score (nSPS) is 21.8. The number of hydrogen-bond acceptors (Lipinski definition) is 4. The van der Waals surface area contributed by atoms with Gasteiger partial charge in [-0.05, 0) is 59.1 Å². The van der Waals surface area contributed by atoms with Gasteiger partial charge < -0.3 is 4.90 Å². The van der Waals surface area contributed by atoms with E-state index in [1.54, 1.807) is 10.6 Å². The van der Waals surface area contributed by atoms with Crippen molar-refractivity contribution in [1.82, 2.24) is 14.5 Å². The third-order valence-electron chi connectivity index (χ3n) is 5.22. The van der Waals surface area contributed by atoms with Crippen molar-refractivity contribution in [3.63, 3.8) is 0 Å². The van der Waals surface area contributed by atoms with E-state index >= 15 is 0 Å². The van der Waals surface area contributed by atoms with Gasteiger partial charge in [0.1, 0.15) is 0 Å². The fourth-order valence-corrected chi connectivity index (χ4v) is 4.82. The number of benzene rings is 1. The average Bonchev–Trinajstić information content (AvgIpc) is 2.61. The van der Waals surface area contributed by atoms with Gasteiger partial charge in [0.2, 0.25) is 5.91 Å². The lowest BCUT2D eigenvalue weighted by molar-refractivity contribution is -0.136. The van der Waals surface area contributed by atoms with Crippen LogP contribution >= 0.6 is 11.8 Å². The second-order valence-electron chi connectivity index (χ2n) is 7.10. The van der Waals surface area contributed by atoms with Gasteiger partial charge >= 0.3 is 0 Å². The van der Waals surface area contributed by atoms with Crippen molar-refractivity contribution in [2.24, 2.45) is 0 Å². The van der Waals surface area contributed by atoms with Gasteiger partial charge in [0.25, 0.3) is 5.56 Å². The molecule has 0 unspecified atom stereocenters. The Morgan fingerprint density at radius 2 is 1.92 bits per heavy atom. The lowest BCUT2D eigenvalue weighted by Gasteiger charge is -2.40. The molecule has 1 aliphatic heterocycles. The molecule has 26 heavy (non-hydrogen) atoms. The van der Waals surface area contributed by atoms with Crippen LogP contribution in [0.15, 0.2) is 34.2 Å². The van der Waals surface area contributed by atoms with Gasteiger partial charge in [-0.3, -0.25) is 14.2 Å². The lowest BCUT2D eigenvalue weighted by Crippen LogP contribution is -2.50. The zero-order valence-electron chi connectivity index (χ0n) is 15.9. The third-order valence-corrected chi connectivity index (χ3v) is 6.30. The van der Waals surface area contributed by atoms with E-state index in [0.717, 1.165) is 12.8 Å². The van der Waals surface area contributed by atoms with Crippen LogP contribution in [0.4, 0.5) is 0 Å². The Bertz CT molecular complexity index is 854. The van der Waals surface area contributed by atoms with Crippen molar-refractivity contribution >= 4 is 28.6 Å². The second-order valence-corrected chi connectivity index (χ2v) is 8.40. The van der Waals surface area contributed by atoms with E-state index in [-0.39, 0.29) is 28.8 Å². The topological polar surface area (TPSA) is 55.2 Å². The number of aromatic nitrogens is 2. The summed E-state index contributed by atoms with van der Waals surface area (Å²) >= 11 is 1.39. The van der Waals surface area contributed by atoms with Crippen LogP contribution in [0, 0.1) is 0 Å². The monoisotopic (exact) mass is 373 g/mol. The van der Waals surface area contributed by atoms with Gasteiger partial charge in [-0.15, -0.1) is 0 Å². The number of piperidine rings is 1. The summed E-state index contributed by atoms with van der Waals surface area (Å²) in [4.78, 5) is 32.5. The molecule has 1 aromatic heterocycles.